The van der Waals surface area contributed by atoms with Gasteiger partial charge in [-0.1, -0.05) is 13.8 Å². The number of hydrogen-bond donors (Lipinski definition) is 1. The van der Waals surface area contributed by atoms with Gasteiger partial charge in [0.15, 0.2) is 0 Å². The summed E-state index contributed by atoms with van der Waals surface area (Å²) in [5, 5.41) is 14.7. The summed E-state index contributed by atoms with van der Waals surface area (Å²) >= 11 is 0. The first-order chi connectivity index (χ1) is 6.79. The van der Waals surface area contributed by atoms with E-state index in [0.717, 1.165) is 6.42 Å². The summed E-state index contributed by atoms with van der Waals surface area (Å²) in [4.78, 5) is 10.4. The standard InChI is InChI=1S/C9H14N4O2/c1-8(2)5-9(8,10)7-6(13(14)15)4-11-12(7)3/h4H,5,10H2,1-3H3. The van der Waals surface area contributed by atoms with E-state index in [2.05, 4.69) is 5.10 Å². The number of nitro groups is 1. The molecule has 0 radical (unpaired) electrons. The van der Waals surface area contributed by atoms with Gasteiger partial charge in [-0.2, -0.15) is 5.10 Å². The lowest BCUT2D eigenvalue weighted by Crippen LogP contribution is -2.29. The Hall–Kier alpha value is -1.43. The molecule has 15 heavy (non-hydrogen) atoms. The summed E-state index contributed by atoms with van der Waals surface area (Å²) in [7, 11) is 1.69. The van der Waals surface area contributed by atoms with E-state index in [-0.39, 0.29) is 11.1 Å². The molecular weight excluding hydrogens is 196 g/mol. The Bertz CT molecular complexity index is 437. The first-order valence-electron chi connectivity index (χ1n) is 4.75. The molecule has 6 nitrogen and oxygen atoms in total. The molecule has 1 aromatic rings. The Morgan fingerprint density at radius 3 is 2.60 bits per heavy atom. The molecule has 2 N–H and O–H groups in total. The van der Waals surface area contributed by atoms with Gasteiger partial charge in [0.25, 0.3) is 0 Å². The fraction of sp³-hybridized carbons (Fsp3) is 0.667. The second-order valence-corrected chi connectivity index (χ2v) is 4.79. The molecule has 6 heteroatoms. The first-order valence-corrected chi connectivity index (χ1v) is 4.75. The van der Waals surface area contributed by atoms with Crippen molar-refractivity contribution in [3.8, 4) is 0 Å². The molecule has 0 spiro atoms. The summed E-state index contributed by atoms with van der Waals surface area (Å²) in [5.74, 6) is 0. The van der Waals surface area contributed by atoms with Gasteiger partial charge in [0.2, 0.25) is 0 Å². The minimum Gasteiger partial charge on any atom is -0.319 e. The normalized spacial score (nSPS) is 27.7. The fourth-order valence-electron chi connectivity index (χ4n) is 2.13. The van der Waals surface area contributed by atoms with Crippen LogP contribution in [0.2, 0.25) is 0 Å². The fourth-order valence-corrected chi connectivity index (χ4v) is 2.13. The number of rotatable bonds is 2. The highest BCUT2D eigenvalue weighted by atomic mass is 16.6. The Kier molecular flexibility index (Phi) is 1.73. The second-order valence-electron chi connectivity index (χ2n) is 4.79. The van der Waals surface area contributed by atoms with Crippen molar-refractivity contribution in [2.45, 2.75) is 25.8 Å². The molecule has 1 aromatic heterocycles. The van der Waals surface area contributed by atoms with Crippen LogP contribution in [0.15, 0.2) is 6.20 Å². The molecule has 0 saturated heterocycles. The van der Waals surface area contributed by atoms with Gasteiger partial charge in [0, 0.05) is 7.05 Å². The molecule has 1 atom stereocenters. The maximum absolute atomic E-state index is 10.8. The van der Waals surface area contributed by atoms with Gasteiger partial charge in [0.1, 0.15) is 11.9 Å². The molecule has 0 aliphatic heterocycles. The van der Waals surface area contributed by atoms with Gasteiger partial charge >= 0.3 is 5.69 Å². The SMILES string of the molecule is Cn1ncc([N+](=O)[O-])c1C1(N)CC1(C)C. The van der Waals surface area contributed by atoms with Crippen LogP contribution in [0, 0.1) is 15.5 Å². The van der Waals surface area contributed by atoms with E-state index in [0.29, 0.717) is 5.69 Å². The third-order valence-corrected chi connectivity index (χ3v) is 3.34. The zero-order chi connectivity index (χ0) is 11.4. The Morgan fingerprint density at radius 1 is 1.67 bits per heavy atom. The van der Waals surface area contributed by atoms with E-state index >= 15 is 0 Å². The molecule has 1 heterocycles. The van der Waals surface area contributed by atoms with E-state index in [9.17, 15) is 10.1 Å². The molecular formula is C9H14N4O2. The average Bonchev–Trinajstić information content (AvgIpc) is 2.45. The molecule has 0 aromatic carbocycles. The number of aromatic nitrogens is 2. The van der Waals surface area contributed by atoms with Crippen molar-refractivity contribution in [3.63, 3.8) is 0 Å². The zero-order valence-corrected chi connectivity index (χ0v) is 9.02. The molecule has 0 amide bonds. The van der Waals surface area contributed by atoms with Gasteiger partial charge in [0.05, 0.1) is 10.5 Å². The summed E-state index contributed by atoms with van der Waals surface area (Å²) in [6, 6.07) is 0. The first kappa shape index (κ1) is 10.1. The molecule has 1 unspecified atom stereocenters. The highest BCUT2D eigenvalue weighted by Crippen LogP contribution is 2.61. The lowest BCUT2D eigenvalue weighted by molar-refractivity contribution is -0.386. The minimum absolute atomic E-state index is 0.0191. The van der Waals surface area contributed by atoms with Crippen LogP contribution in [-0.2, 0) is 12.6 Å². The van der Waals surface area contributed by atoms with Crippen LogP contribution in [0.1, 0.15) is 26.0 Å². The smallest absolute Gasteiger partial charge is 0.312 e. The van der Waals surface area contributed by atoms with Gasteiger partial charge in [-0.15, -0.1) is 0 Å². The van der Waals surface area contributed by atoms with E-state index in [1.807, 2.05) is 13.8 Å². The predicted octanol–water partition coefficient (Wildman–Crippen LogP) is 0.912. The van der Waals surface area contributed by atoms with Gasteiger partial charge in [-0.3, -0.25) is 14.8 Å². The number of nitrogens with two attached hydrogens (primary N) is 1. The minimum atomic E-state index is -0.610. The van der Waals surface area contributed by atoms with Crippen LogP contribution in [0.3, 0.4) is 0 Å². The van der Waals surface area contributed by atoms with Crippen molar-refractivity contribution in [2.24, 2.45) is 18.2 Å². The maximum atomic E-state index is 10.8. The molecule has 0 bridgehead atoms. The maximum Gasteiger partial charge on any atom is 0.312 e. The van der Waals surface area contributed by atoms with E-state index in [1.54, 1.807) is 7.05 Å². The van der Waals surface area contributed by atoms with E-state index in [4.69, 9.17) is 5.73 Å². The van der Waals surface area contributed by atoms with E-state index in [1.165, 1.54) is 10.9 Å². The summed E-state index contributed by atoms with van der Waals surface area (Å²) in [5.41, 5.74) is 6.01. The quantitative estimate of drug-likeness (QED) is 0.580. The monoisotopic (exact) mass is 210 g/mol. The van der Waals surface area contributed by atoms with Crippen LogP contribution in [-0.4, -0.2) is 14.7 Å². The molecule has 2 rings (SSSR count). The lowest BCUT2D eigenvalue weighted by Gasteiger charge is -2.14. The highest BCUT2D eigenvalue weighted by Gasteiger charge is 2.63. The Balaban J connectivity index is 2.54. The second kappa shape index (κ2) is 2.57. The molecule has 1 aliphatic rings. The van der Waals surface area contributed by atoms with Crippen molar-refractivity contribution in [1.29, 1.82) is 0 Å². The molecule has 1 fully saturated rings. The average molecular weight is 210 g/mol. The van der Waals surface area contributed by atoms with Crippen LogP contribution in [0.25, 0.3) is 0 Å². The summed E-state index contributed by atoms with van der Waals surface area (Å²) in [6.45, 7) is 4.01. The molecule has 82 valence electrons. The van der Waals surface area contributed by atoms with Crippen molar-refractivity contribution >= 4 is 5.69 Å². The summed E-state index contributed by atoms with van der Waals surface area (Å²) in [6.07, 6.45) is 2.01. The molecule has 1 saturated carbocycles. The Labute approximate surface area is 87.2 Å². The van der Waals surface area contributed by atoms with Crippen LogP contribution >= 0.6 is 0 Å². The van der Waals surface area contributed by atoms with Gasteiger partial charge in [-0.05, 0) is 11.8 Å². The number of nitrogens with zero attached hydrogens (tertiary/aromatic N) is 3. The third-order valence-electron chi connectivity index (χ3n) is 3.34. The van der Waals surface area contributed by atoms with Crippen LogP contribution < -0.4 is 5.73 Å². The molecule has 1 aliphatic carbocycles. The highest BCUT2D eigenvalue weighted by molar-refractivity contribution is 5.44. The van der Waals surface area contributed by atoms with Crippen molar-refractivity contribution in [1.82, 2.24) is 9.78 Å². The topological polar surface area (TPSA) is 87.0 Å². The van der Waals surface area contributed by atoms with Crippen LogP contribution in [0.5, 0.6) is 0 Å². The number of aryl methyl sites for hydroxylation is 1. The zero-order valence-electron chi connectivity index (χ0n) is 9.02. The van der Waals surface area contributed by atoms with Gasteiger partial charge < -0.3 is 5.73 Å². The van der Waals surface area contributed by atoms with Crippen molar-refractivity contribution < 1.29 is 4.92 Å². The van der Waals surface area contributed by atoms with Gasteiger partial charge in [-0.25, -0.2) is 0 Å². The lowest BCUT2D eigenvalue weighted by atomic mass is 10.0. The third kappa shape index (κ3) is 1.18. The summed E-state index contributed by atoms with van der Waals surface area (Å²) < 4.78 is 1.51. The van der Waals surface area contributed by atoms with Crippen molar-refractivity contribution in [2.75, 3.05) is 0 Å². The van der Waals surface area contributed by atoms with Crippen molar-refractivity contribution in [3.05, 3.63) is 22.0 Å². The van der Waals surface area contributed by atoms with Crippen LogP contribution in [0.4, 0.5) is 5.69 Å². The predicted molar refractivity (Wildman–Crippen MR) is 54.1 cm³/mol. The Morgan fingerprint density at radius 2 is 2.20 bits per heavy atom. The van der Waals surface area contributed by atoms with E-state index < -0.39 is 10.5 Å². The largest absolute Gasteiger partial charge is 0.319 e. The number of hydrogen-bond acceptors (Lipinski definition) is 4.